The van der Waals surface area contributed by atoms with E-state index in [4.69, 9.17) is 19.9 Å². The molecule has 1 rings (SSSR count). The van der Waals surface area contributed by atoms with Crippen molar-refractivity contribution in [2.75, 3.05) is 26.1 Å². The molecule has 0 saturated carbocycles. The molecule has 0 bridgehead atoms. The number of carbonyl (C=O) groups is 1. The summed E-state index contributed by atoms with van der Waals surface area (Å²) in [5, 5.41) is 0. The fourth-order valence-corrected chi connectivity index (χ4v) is 1.39. The molecule has 6 nitrogen and oxygen atoms in total. The van der Waals surface area contributed by atoms with Crippen LogP contribution in [0.15, 0.2) is 12.3 Å². The van der Waals surface area contributed by atoms with Crippen molar-refractivity contribution in [3.05, 3.63) is 17.8 Å². The highest BCUT2D eigenvalue weighted by atomic mass is 16.5. The van der Waals surface area contributed by atoms with Crippen molar-refractivity contribution in [2.45, 2.75) is 20.0 Å². The monoisotopic (exact) mass is 254 g/mol. The van der Waals surface area contributed by atoms with Crippen molar-refractivity contribution in [3.63, 3.8) is 0 Å². The van der Waals surface area contributed by atoms with Crippen LogP contribution in [0.1, 0.15) is 24.2 Å². The Bertz CT molecular complexity index is 409. The second kappa shape index (κ2) is 6.80. The predicted octanol–water partition coefficient (Wildman–Crippen LogP) is 1.25. The number of methoxy groups -OCH3 is 1. The number of carbonyl (C=O) groups excluding carboxylic acids is 1. The quantitative estimate of drug-likeness (QED) is 0.769. The van der Waals surface area contributed by atoms with Crippen LogP contribution in [-0.4, -0.2) is 37.4 Å². The van der Waals surface area contributed by atoms with Gasteiger partial charge in [0.25, 0.3) is 0 Å². The van der Waals surface area contributed by atoms with Gasteiger partial charge in [0.2, 0.25) is 5.88 Å². The maximum atomic E-state index is 11.6. The highest BCUT2D eigenvalue weighted by Crippen LogP contribution is 2.23. The Morgan fingerprint density at radius 3 is 2.89 bits per heavy atom. The standard InChI is InChI=1S/C12H18N2O4/c1-4-17-12(15)9-5-6-14-11(10(9)13)18-8(2)7-16-3/h5-6,8H,4,7,13H2,1-3H3. The minimum Gasteiger partial charge on any atom is -0.471 e. The minimum absolute atomic E-state index is 0.180. The maximum absolute atomic E-state index is 11.6. The summed E-state index contributed by atoms with van der Waals surface area (Å²) < 4.78 is 15.3. The molecule has 0 spiro atoms. The SMILES string of the molecule is CCOC(=O)c1ccnc(OC(C)COC)c1N. The average molecular weight is 254 g/mol. The van der Waals surface area contributed by atoms with Crippen LogP contribution in [-0.2, 0) is 9.47 Å². The van der Waals surface area contributed by atoms with Gasteiger partial charge in [-0.25, -0.2) is 9.78 Å². The van der Waals surface area contributed by atoms with Gasteiger partial charge in [0, 0.05) is 13.3 Å². The Labute approximate surface area is 106 Å². The fourth-order valence-electron chi connectivity index (χ4n) is 1.39. The van der Waals surface area contributed by atoms with Gasteiger partial charge in [-0.1, -0.05) is 0 Å². The molecule has 0 aliphatic rings. The summed E-state index contributed by atoms with van der Waals surface area (Å²) in [6, 6.07) is 1.50. The molecule has 0 aliphatic heterocycles. The summed E-state index contributed by atoms with van der Waals surface area (Å²) in [4.78, 5) is 15.6. The molecule has 0 fully saturated rings. The number of esters is 1. The molecule has 2 N–H and O–H groups in total. The molecule has 6 heteroatoms. The van der Waals surface area contributed by atoms with E-state index in [1.165, 1.54) is 12.3 Å². The Balaban J connectivity index is 2.88. The van der Waals surface area contributed by atoms with Gasteiger partial charge in [-0.2, -0.15) is 0 Å². The zero-order chi connectivity index (χ0) is 13.5. The van der Waals surface area contributed by atoms with Crippen LogP contribution >= 0.6 is 0 Å². The third-order valence-electron chi connectivity index (χ3n) is 2.16. The molecule has 0 aromatic carbocycles. The van der Waals surface area contributed by atoms with E-state index in [-0.39, 0.29) is 29.8 Å². The van der Waals surface area contributed by atoms with Crippen molar-refractivity contribution < 1.29 is 19.0 Å². The summed E-state index contributed by atoms with van der Waals surface area (Å²) in [5.74, 6) is -0.272. The molecular weight excluding hydrogens is 236 g/mol. The lowest BCUT2D eigenvalue weighted by molar-refractivity contribution is 0.0526. The van der Waals surface area contributed by atoms with Gasteiger partial charge >= 0.3 is 5.97 Å². The van der Waals surface area contributed by atoms with E-state index in [0.717, 1.165) is 0 Å². The number of anilines is 1. The lowest BCUT2D eigenvalue weighted by Crippen LogP contribution is -2.20. The van der Waals surface area contributed by atoms with E-state index in [0.29, 0.717) is 6.61 Å². The smallest absolute Gasteiger partial charge is 0.340 e. The highest BCUT2D eigenvalue weighted by molar-refractivity contribution is 5.96. The van der Waals surface area contributed by atoms with E-state index in [9.17, 15) is 4.79 Å². The van der Waals surface area contributed by atoms with Gasteiger partial charge < -0.3 is 19.9 Å². The predicted molar refractivity (Wildman–Crippen MR) is 66.6 cm³/mol. The summed E-state index contributed by atoms with van der Waals surface area (Å²) >= 11 is 0. The van der Waals surface area contributed by atoms with Gasteiger partial charge in [-0.05, 0) is 19.9 Å². The summed E-state index contributed by atoms with van der Waals surface area (Å²) in [7, 11) is 1.58. The zero-order valence-corrected chi connectivity index (χ0v) is 10.8. The Morgan fingerprint density at radius 2 is 2.28 bits per heavy atom. The molecule has 1 aromatic heterocycles. The second-order valence-corrected chi connectivity index (χ2v) is 3.68. The number of pyridine rings is 1. The molecule has 0 amide bonds. The molecule has 0 aliphatic carbocycles. The van der Waals surface area contributed by atoms with Gasteiger partial charge in [-0.15, -0.1) is 0 Å². The molecule has 1 aromatic rings. The lowest BCUT2D eigenvalue weighted by atomic mass is 10.2. The molecule has 18 heavy (non-hydrogen) atoms. The van der Waals surface area contributed by atoms with Crippen molar-refractivity contribution >= 4 is 11.7 Å². The van der Waals surface area contributed by atoms with Gasteiger partial charge in [0.05, 0.1) is 18.8 Å². The van der Waals surface area contributed by atoms with Crippen molar-refractivity contribution in [1.82, 2.24) is 4.98 Å². The first-order valence-electron chi connectivity index (χ1n) is 5.67. The number of nitrogens with zero attached hydrogens (tertiary/aromatic N) is 1. The van der Waals surface area contributed by atoms with Crippen LogP contribution in [0, 0.1) is 0 Å². The third kappa shape index (κ3) is 3.59. The summed E-state index contributed by atoms with van der Waals surface area (Å²) in [6.07, 6.45) is 1.25. The van der Waals surface area contributed by atoms with Crippen LogP contribution in [0.2, 0.25) is 0 Å². The number of aromatic nitrogens is 1. The normalized spacial score (nSPS) is 11.9. The van der Waals surface area contributed by atoms with Crippen LogP contribution in [0.25, 0.3) is 0 Å². The minimum atomic E-state index is -0.485. The molecule has 0 saturated heterocycles. The van der Waals surface area contributed by atoms with E-state index in [2.05, 4.69) is 4.98 Å². The number of nitrogens with two attached hydrogens (primary N) is 1. The van der Waals surface area contributed by atoms with Crippen LogP contribution < -0.4 is 10.5 Å². The molecule has 0 radical (unpaired) electrons. The largest absolute Gasteiger partial charge is 0.471 e. The number of ether oxygens (including phenoxy) is 3. The number of nitrogen functional groups attached to an aromatic ring is 1. The molecular formula is C12H18N2O4. The van der Waals surface area contributed by atoms with E-state index in [1.807, 2.05) is 6.92 Å². The first-order chi connectivity index (χ1) is 8.60. The first-order valence-corrected chi connectivity index (χ1v) is 5.67. The Kier molecular flexibility index (Phi) is 5.38. The lowest BCUT2D eigenvalue weighted by Gasteiger charge is -2.15. The average Bonchev–Trinajstić information content (AvgIpc) is 2.32. The zero-order valence-electron chi connectivity index (χ0n) is 10.8. The van der Waals surface area contributed by atoms with Gasteiger partial charge in [0.15, 0.2) is 0 Å². The third-order valence-corrected chi connectivity index (χ3v) is 2.16. The topological polar surface area (TPSA) is 83.7 Å². The first kappa shape index (κ1) is 14.2. The van der Waals surface area contributed by atoms with Crippen molar-refractivity contribution in [1.29, 1.82) is 0 Å². The number of hydrogen-bond donors (Lipinski definition) is 1. The maximum Gasteiger partial charge on any atom is 0.340 e. The Morgan fingerprint density at radius 1 is 1.56 bits per heavy atom. The number of hydrogen-bond acceptors (Lipinski definition) is 6. The second-order valence-electron chi connectivity index (χ2n) is 3.68. The van der Waals surface area contributed by atoms with Crippen LogP contribution in [0.3, 0.4) is 0 Å². The van der Waals surface area contributed by atoms with Crippen LogP contribution in [0.4, 0.5) is 5.69 Å². The summed E-state index contributed by atoms with van der Waals surface area (Å²) in [6.45, 7) is 4.25. The molecule has 1 atom stereocenters. The van der Waals surface area contributed by atoms with Crippen LogP contribution in [0.5, 0.6) is 5.88 Å². The van der Waals surface area contributed by atoms with E-state index in [1.54, 1.807) is 14.0 Å². The van der Waals surface area contributed by atoms with Crippen molar-refractivity contribution in [2.24, 2.45) is 0 Å². The highest BCUT2D eigenvalue weighted by Gasteiger charge is 2.16. The van der Waals surface area contributed by atoms with Gasteiger partial charge in [-0.3, -0.25) is 0 Å². The molecule has 1 heterocycles. The van der Waals surface area contributed by atoms with Gasteiger partial charge in [0.1, 0.15) is 11.8 Å². The molecule has 1 unspecified atom stereocenters. The fraction of sp³-hybridized carbons (Fsp3) is 0.500. The van der Waals surface area contributed by atoms with Crippen molar-refractivity contribution in [3.8, 4) is 5.88 Å². The molecule has 100 valence electrons. The summed E-state index contributed by atoms with van der Waals surface area (Å²) in [5.41, 5.74) is 6.27. The Hall–Kier alpha value is -1.82. The van der Waals surface area contributed by atoms with E-state index >= 15 is 0 Å². The number of rotatable bonds is 6. The van der Waals surface area contributed by atoms with E-state index < -0.39 is 5.97 Å².